The number of aromatic nitrogens is 1. The van der Waals surface area contributed by atoms with Crippen molar-refractivity contribution in [2.45, 2.75) is 25.2 Å². The van der Waals surface area contributed by atoms with Crippen molar-refractivity contribution in [2.75, 3.05) is 6.54 Å². The Balaban J connectivity index is 1.69. The molecule has 0 aliphatic rings. The van der Waals surface area contributed by atoms with Gasteiger partial charge in [-0.25, -0.2) is 0 Å². The van der Waals surface area contributed by atoms with E-state index in [4.69, 9.17) is 0 Å². The SMILES string of the molecule is CC(NCC(O)c1ccccc1)c1ccc(-c2ccccc2C(F)(F)F)nc1. The van der Waals surface area contributed by atoms with Crippen molar-refractivity contribution in [3.63, 3.8) is 0 Å². The molecule has 3 rings (SSSR count). The standard InChI is InChI=1S/C22H21F3N2O/c1-15(26-14-21(28)16-7-3-2-4-8-16)17-11-12-20(27-13-17)18-9-5-6-10-19(18)22(23,24)25/h2-13,15,21,26,28H,14H2,1H3. The first-order valence-corrected chi connectivity index (χ1v) is 8.95. The molecular formula is C22H21F3N2O. The maximum absolute atomic E-state index is 13.2. The Kier molecular flexibility index (Phi) is 6.11. The van der Waals surface area contributed by atoms with Crippen LogP contribution in [0.15, 0.2) is 72.9 Å². The van der Waals surface area contributed by atoms with Gasteiger partial charge in [-0.1, -0.05) is 54.6 Å². The minimum atomic E-state index is -4.43. The highest BCUT2D eigenvalue weighted by molar-refractivity contribution is 5.64. The summed E-state index contributed by atoms with van der Waals surface area (Å²) >= 11 is 0. The molecular weight excluding hydrogens is 365 g/mol. The maximum Gasteiger partial charge on any atom is 0.417 e. The maximum atomic E-state index is 13.2. The van der Waals surface area contributed by atoms with Gasteiger partial charge in [-0.3, -0.25) is 4.98 Å². The van der Waals surface area contributed by atoms with Gasteiger partial charge in [-0.05, 0) is 30.2 Å². The number of rotatable bonds is 6. The quantitative estimate of drug-likeness (QED) is 0.616. The molecule has 0 aliphatic carbocycles. The first kappa shape index (κ1) is 20.0. The van der Waals surface area contributed by atoms with Crippen molar-refractivity contribution < 1.29 is 18.3 Å². The van der Waals surface area contributed by atoms with Crippen molar-refractivity contribution in [3.05, 3.63) is 89.6 Å². The summed E-state index contributed by atoms with van der Waals surface area (Å²) in [6, 6.07) is 18.0. The number of nitrogens with zero attached hydrogens (tertiary/aromatic N) is 1. The predicted molar refractivity (Wildman–Crippen MR) is 102 cm³/mol. The average molecular weight is 386 g/mol. The van der Waals surface area contributed by atoms with Crippen LogP contribution in [-0.4, -0.2) is 16.6 Å². The van der Waals surface area contributed by atoms with Gasteiger partial charge >= 0.3 is 6.18 Å². The fourth-order valence-electron chi connectivity index (χ4n) is 2.97. The van der Waals surface area contributed by atoms with E-state index in [0.29, 0.717) is 6.54 Å². The van der Waals surface area contributed by atoms with Crippen LogP contribution >= 0.6 is 0 Å². The van der Waals surface area contributed by atoms with Crippen molar-refractivity contribution in [2.24, 2.45) is 0 Å². The zero-order valence-corrected chi connectivity index (χ0v) is 15.3. The third-order valence-corrected chi connectivity index (χ3v) is 4.60. The fraction of sp³-hybridized carbons (Fsp3) is 0.227. The topological polar surface area (TPSA) is 45.1 Å². The molecule has 6 heteroatoms. The molecule has 1 heterocycles. The van der Waals surface area contributed by atoms with Gasteiger partial charge in [0, 0.05) is 24.3 Å². The summed E-state index contributed by atoms with van der Waals surface area (Å²) in [5.74, 6) is 0. The molecule has 0 aliphatic heterocycles. The molecule has 0 fully saturated rings. The zero-order valence-electron chi connectivity index (χ0n) is 15.3. The minimum absolute atomic E-state index is 0.0571. The molecule has 0 spiro atoms. The Bertz CT molecular complexity index is 896. The van der Waals surface area contributed by atoms with Gasteiger partial charge in [-0.15, -0.1) is 0 Å². The number of hydrogen-bond donors (Lipinski definition) is 2. The van der Waals surface area contributed by atoms with Crippen LogP contribution in [0.3, 0.4) is 0 Å². The number of hydrogen-bond acceptors (Lipinski definition) is 3. The molecule has 2 N–H and O–H groups in total. The molecule has 0 amide bonds. The second-order valence-electron chi connectivity index (χ2n) is 6.58. The van der Waals surface area contributed by atoms with Crippen LogP contribution in [0.5, 0.6) is 0 Å². The number of aliphatic hydroxyl groups is 1. The molecule has 2 aromatic carbocycles. The number of halogens is 3. The first-order valence-electron chi connectivity index (χ1n) is 8.95. The van der Waals surface area contributed by atoms with E-state index in [0.717, 1.165) is 17.2 Å². The van der Waals surface area contributed by atoms with Crippen LogP contribution in [0.25, 0.3) is 11.3 Å². The molecule has 2 atom stereocenters. The third kappa shape index (κ3) is 4.77. The summed E-state index contributed by atoms with van der Waals surface area (Å²) in [5.41, 5.74) is 1.27. The van der Waals surface area contributed by atoms with Gasteiger partial charge in [0.25, 0.3) is 0 Å². The van der Waals surface area contributed by atoms with Gasteiger partial charge < -0.3 is 10.4 Å². The van der Waals surface area contributed by atoms with Crippen molar-refractivity contribution in [1.29, 1.82) is 0 Å². The van der Waals surface area contributed by atoms with Crippen LogP contribution < -0.4 is 5.32 Å². The number of benzene rings is 2. The first-order chi connectivity index (χ1) is 13.4. The van der Waals surface area contributed by atoms with Gasteiger partial charge in [0.05, 0.1) is 17.4 Å². The number of pyridine rings is 1. The lowest BCUT2D eigenvalue weighted by Gasteiger charge is -2.18. The lowest BCUT2D eigenvalue weighted by atomic mass is 10.0. The minimum Gasteiger partial charge on any atom is -0.387 e. The Morgan fingerprint density at radius 2 is 1.61 bits per heavy atom. The molecule has 28 heavy (non-hydrogen) atoms. The van der Waals surface area contributed by atoms with E-state index in [1.807, 2.05) is 37.3 Å². The van der Waals surface area contributed by atoms with Gasteiger partial charge in [-0.2, -0.15) is 13.2 Å². The molecule has 0 bridgehead atoms. The molecule has 3 nitrogen and oxygen atoms in total. The molecule has 2 unspecified atom stereocenters. The van der Waals surface area contributed by atoms with Gasteiger partial charge in [0.15, 0.2) is 0 Å². The monoisotopic (exact) mass is 386 g/mol. The second kappa shape index (κ2) is 8.54. The summed E-state index contributed by atoms with van der Waals surface area (Å²) in [6.45, 7) is 2.27. The Hall–Kier alpha value is -2.70. The lowest BCUT2D eigenvalue weighted by molar-refractivity contribution is -0.137. The Morgan fingerprint density at radius 3 is 2.25 bits per heavy atom. The van der Waals surface area contributed by atoms with Crippen LogP contribution in [0, 0.1) is 0 Å². The summed E-state index contributed by atoms with van der Waals surface area (Å²) in [5, 5.41) is 13.5. The van der Waals surface area contributed by atoms with E-state index in [2.05, 4.69) is 10.3 Å². The van der Waals surface area contributed by atoms with Gasteiger partial charge in [0.1, 0.15) is 0 Å². The summed E-state index contributed by atoms with van der Waals surface area (Å²) in [6.07, 6.45) is -3.51. The third-order valence-electron chi connectivity index (χ3n) is 4.60. The zero-order chi connectivity index (χ0) is 20.1. The summed E-state index contributed by atoms with van der Waals surface area (Å²) in [4.78, 5) is 4.23. The molecule has 3 aromatic rings. The smallest absolute Gasteiger partial charge is 0.387 e. The Labute approximate surface area is 161 Å². The average Bonchev–Trinajstić information content (AvgIpc) is 2.72. The van der Waals surface area contributed by atoms with Crippen molar-refractivity contribution in [1.82, 2.24) is 10.3 Å². The summed E-state index contributed by atoms with van der Waals surface area (Å²) in [7, 11) is 0. The van der Waals surface area contributed by atoms with Crippen LogP contribution in [0.4, 0.5) is 13.2 Å². The van der Waals surface area contributed by atoms with Gasteiger partial charge in [0.2, 0.25) is 0 Å². The number of aliphatic hydroxyl groups excluding tert-OH is 1. The largest absolute Gasteiger partial charge is 0.417 e. The molecule has 0 saturated heterocycles. The van der Waals surface area contributed by atoms with Crippen LogP contribution in [0.2, 0.25) is 0 Å². The number of alkyl halides is 3. The normalized spacial score (nSPS) is 13.9. The van der Waals surface area contributed by atoms with E-state index in [1.54, 1.807) is 24.4 Å². The highest BCUT2D eigenvalue weighted by atomic mass is 19.4. The highest BCUT2D eigenvalue weighted by Gasteiger charge is 2.33. The van der Waals surface area contributed by atoms with Crippen molar-refractivity contribution >= 4 is 0 Å². The molecule has 146 valence electrons. The number of nitrogens with one attached hydrogen (secondary N) is 1. The van der Waals surface area contributed by atoms with Crippen molar-refractivity contribution in [3.8, 4) is 11.3 Å². The Morgan fingerprint density at radius 1 is 0.929 bits per heavy atom. The summed E-state index contributed by atoms with van der Waals surface area (Å²) < 4.78 is 39.6. The second-order valence-corrected chi connectivity index (χ2v) is 6.58. The predicted octanol–water partition coefficient (Wildman–Crippen LogP) is 5.15. The van der Waals surface area contributed by atoms with E-state index in [1.165, 1.54) is 12.1 Å². The van der Waals surface area contributed by atoms with E-state index in [-0.39, 0.29) is 17.3 Å². The van der Waals surface area contributed by atoms with Crippen LogP contribution in [0.1, 0.15) is 35.8 Å². The molecule has 0 saturated carbocycles. The fourth-order valence-corrected chi connectivity index (χ4v) is 2.97. The van der Waals surface area contributed by atoms with E-state index in [9.17, 15) is 18.3 Å². The van der Waals surface area contributed by atoms with Crippen LogP contribution in [-0.2, 0) is 6.18 Å². The molecule has 1 aromatic heterocycles. The van der Waals surface area contributed by atoms with E-state index < -0.39 is 17.8 Å². The lowest BCUT2D eigenvalue weighted by Crippen LogP contribution is -2.24. The molecule has 0 radical (unpaired) electrons. The van der Waals surface area contributed by atoms with E-state index >= 15 is 0 Å². The highest BCUT2D eigenvalue weighted by Crippen LogP contribution is 2.36.